The van der Waals surface area contributed by atoms with Crippen molar-refractivity contribution >= 4 is 38.9 Å². The molecule has 1 aliphatic heterocycles. The molecule has 0 unspecified atom stereocenters. The molecule has 1 fully saturated rings. The number of benzene rings is 2. The second-order valence-electron chi connectivity index (χ2n) is 23.9. The Labute approximate surface area is 540 Å². The molecule has 0 amide bonds. The van der Waals surface area contributed by atoms with Gasteiger partial charge in [0.2, 0.25) is 0 Å². The van der Waals surface area contributed by atoms with Crippen LogP contribution in [-0.4, -0.2) is 129 Å². The SMILES string of the molecule is C=C/C=C(/c1cc(F)cc(CCCN(C)C)c1)c1nc(-c2[nH]nc3ncc(-c4cncc(CN5CCCCC5)c4)cc23)[nH]c1C.C=C/C=C(/c1cc(F)cc(CCCN(C)C)c1)c1nc(-c2[nH]nc3ncc(-c4cncc(NC(=C)CCCC)c4)cc23)[nH]c1C.CC. The smallest absolute Gasteiger partial charge is 0.181 e. The molecule has 0 spiro atoms. The van der Waals surface area contributed by atoms with Gasteiger partial charge in [0, 0.05) is 88.0 Å². The average Bonchev–Trinajstić information content (AvgIpc) is 1.63. The first kappa shape index (κ1) is 67.0. The number of anilines is 1. The number of nitrogens with one attached hydrogen (secondary N) is 5. The van der Waals surface area contributed by atoms with Gasteiger partial charge >= 0.3 is 0 Å². The Morgan fingerprint density at radius 3 is 1.58 bits per heavy atom. The van der Waals surface area contributed by atoms with Gasteiger partial charge in [0.05, 0.1) is 34.0 Å². The quantitative estimate of drug-likeness (QED) is 0.0341. The summed E-state index contributed by atoms with van der Waals surface area (Å²) in [6.45, 7) is 27.1. The van der Waals surface area contributed by atoms with Gasteiger partial charge in [-0.1, -0.05) is 89.8 Å². The molecule has 1 saturated heterocycles. The molecular weight excluding hydrogens is 1150 g/mol. The molecule has 2 aromatic carbocycles. The highest BCUT2D eigenvalue weighted by Crippen LogP contribution is 2.35. The molecule has 10 aromatic rings. The van der Waals surface area contributed by atoms with Crippen molar-refractivity contribution in [2.24, 2.45) is 0 Å². The maximum atomic E-state index is 14.8. The fourth-order valence-electron chi connectivity index (χ4n) is 11.5. The zero-order chi connectivity index (χ0) is 65.3. The average molecular weight is 1240 g/mol. The minimum Gasteiger partial charge on any atom is -0.358 e. The lowest BCUT2D eigenvalue weighted by atomic mass is 9.97. The van der Waals surface area contributed by atoms with E-state index in [1.807, 2.05) is 111 Å². The molecule has 478 valence electrons. The number of hydrogen-bond acceptors (Lipinski definition) is 12. The minimum absolute atomic E-state index is 0.261. The number of hydrogen-bond donors (Lipinski definition) is 5. The lowest BCUT2D eigenvalue weighted by molar-refractivity contribution is 0.220. The van der Waals surface area contributed by atoms with E-state index < -0.39 is 0 Å². The zero-order valence-corrected chi connectivity index (χ0v) is 55.0. The van der Waals surface area contributed by atoms with E-state index in [0.29, 0.717) is 34.3 Å². The molecule has 16 nitrogen and oxygen atoms in total. The normalized spacial score (nSPS) is 12.9. The van der Waals surface area contributed by atoms with Crippen LogP contribution in [0.1, 0.15) is 123 Å². The fourth-order valence-corrected chi connectivity index (χ4v) is 11.5. The van der Waals surface area contributed by atoms with E-state index in [2.05, 4.69) is 115 Å². The summed E-state index contributed by atoms with van der Waals surface area (Å²) in [6, 6.07) is 18.8. The van der Waals surface area contributed by atoms with Crippen molar-refractivity contribution < 1.29 is 8.78 Å². The molecule has 92 heavy (non-hydrogen) atoms. The third kappa shape index (κ3) is 17.2. The number of nitrogens with zero attached hydrogens (tertiary/aromatic N) is 11. The molecule has 0 aliphatic carbocycles. The standard InChI is InChI=1S/2C36H41FN8.C2H6/c1-5-10-31(27-15-25(17-30(37)18-27)11-9-12-44(3)4)33-24(2)40-36(41-33)34-32-19-29(22-39-35(32)43-42-34)28-16-26(20-38-21-28)23-45-13-7-6-8-14-45;1-7-9-12-23(3)40-30-18-27(20-38-22-30)28-19-32-34(43-44-35(32)39-21-28)36-41-24(4)33(42-36)31(11-8-2)26-15-25(16-29(37)17-26)13-10-14-45(5)6;1-2/h5,10,15-22H,1,6-9,11-14,23H2,2-4H3,(H,40,41)(H,39,42,43);8,11,15-22,40H,2-3,7,9-10,12-14H2,1,4-6H3,(H,41,42)(H,39,43,44);1-2H3/b31-10-;31-11-;. The van der Waals surface area contributed by atoms with Gasteiger partial charge in [-0.15, -0.1) is 0 Å². The van der Waals surface area contributed by atoms with Gasteiger partial charge in [-0.3, -0.25) is 25.1 Å². The second kappa shape index (κ2) is 32.1. The maximum absolute atomic E-state index is 14.8. The van der Waals surface area contributed by atoms with Crippen LogP contribution in [0.25, 0.3) is 78.5 Å². The topological polar surface area (TPSA) is 188 Å². The molecule has 11 rings (SSSR count). The van der Waals surface area contributed by atoms with Gasteiger partial charge in [0.1, 0.15) is 23.0 Å². The number of fused-ring (bicyclic) bond motifs is 2. The van der Waals surface area contributed by atoms with Crippen molar-refractivity contribution in [1.82, 2.24) is 75.0 Å². The van der Waals surface area contributed by atoms with Crippen LogP contribution in [0.4, 0.5) is 14.5 Å². The predicted octanol–water partition coefficient (Wildman–Crippen LogP) is 16.1. The highest BCUT2D eigenvalue weighted by atomic mass is 19.1. The Hall–Kier alpha value is -9.36. The summed E-state index contributed by atoms with van der Waals surface area (Å²) in [5.74, 6) is 0.720. The Morgan fingerprint density at radius 2 is 1.09 bits per heavy atom. The third-order valence-corrected chi connectivity index (χ3v) is 16.0. The molecule has 18 heteroatoms. The number of halogens is 2. The summed E-state index contributed by atoms with van der Waals surface area (Å²) in [7, 11) is 8.18. The maximum Gasteiger partial charge on any atom is 0.181 e. The highest BCUT2D eigenvalue weighted by Gasteiger charge is 2.22. The van der Waals surface area contributed by atoms with Gasteiger partial charge in [-0.05, 0) is 196 Å². The Bertz CT molecular complexity index is 4210. The van der Waals surface area contributed by atoms with E-state index in [0.717, 1.165) is 178 Å². The van der Waals surface area contributed by atoms with Crippen LogP contribution in [-0.2, 0) is 19.4 Å². The number of unbranched alkanes of at least 4 members (excludes halogenated alkanes) is 1. The second-order valence-corrected chi connectivity index (χ2v) is 23.9. The van der Waals surface area contributed by atoms with E-state index in [1.165, 1.54) is 24.8 Å². The lowest BCUT2D eigenvalue weighted by Crippen LogP contribution is -2.29. The molecule has 5 N–H and O–H groups in total. The number of pyridine rings is 4. The summed E-state index contributed by atoms with van der Waals surface area (Å²) in [5, 5.41) is 20.2. The van der Waals surface area contributed by atoms with Crippen LogP contribution < -0.4 is 5.32 Å². The van der Waals surface area contributed by atoms with Crippen LogP contribution in [0.2, 0.25) is 0 Å². The first-order valence-electron chi connectivity index (χ1n) is 32.1. The van der Waals surface area contributed by atoms with E-state index in [4.69, 9.17) is 9.97 Å². The molecule has 0 radical (unpaired) electrons. The van der Waals surface area contributed by atoms with E-state index in [-0.39, 0.29) is 11.6 Å². The van der Waals surface area contributed by atoms with Crippen molar-refractivity contribution in [1.29, 1.82) is 0 Å². The minimum atomic E-state index is -0.270. The first-order chi connectivity index (χ1) is 44.6. The zero-order valence-electron chi connectivity index (χ0n) is 55.0. The van der Waals surface area contributed by atoms with Gasteiger partial charge in [0.25, 0.3) is 0 Å². The summed E-state index contributed by atoms with van der Waals surface area (Å²) < 4.78 is 29.7. The number of rotatable bonds is 25. The molecule has 0 atom stereocenters. The number of allylic oxidation sites excluding steroid dienone is 5. The number of piperidine rings is 1. The summed E-state index contributed by atoms with van der Waals surface area (Å²) in [5.41, 5.74) is 17.7. The lowest BCUT2D eigenvalue weighted by Gasteiger charge is -2.26. The molecular formula is C74H88F2N16. The van der Waals surface area contributed by atoms with E-state index >= 15 is 0 Å². The van der Waals surface area contributed by atoms with Crippen LogP contribution in [0.15, 0.2) is 148 Å². The van der Waals surface area contributed by atoms with Gasteiger partial charge in [-0.2, -0.15) is 10.2 Å². The third-order valence-electron chi connectivity index (χ3n) is 16.0. The van der Waals surface area contributed by atoms with Crippen LogP contribution in [0.3, 0.4) is 0 Å². The largest absolute Gasteiger partial charge is 0.358 e. The van der Waals surface area contributed by atoms with Crippen LogP contribution in [0, 0.1) is 25.5 Å². The number of aromatic nitrogens is 12. The predicted molar refractivity (Wildman–Crippen MR) is 373 cm³/mol. The number of H-pyrrole nitrogens is 4. The number of imidazole rings is 2. The number of aromatic amines is 4. The molecule has 9 heterocycles. The van der Waals surface area contributed by atoms with Crippen molar-refractivity contribution in [2.45, 2.75) is 105 Å². The van der Waals surface area contributed by atoms with Crippen molar-refractivity contribution in [2.75, 3.05) is 59.7 Å². The van der Waals surface area contributed by atoms with Crippen molar-refractivity contribution in [3.05, 3.63) is 210 Å². The number of aryl methyl sites for hydroxylation is 4. The number of likely N-dealkylation sites (tertiary alicyclic amines) is 1. The molecule has 0 saturated carbocycles. The van der Waals surface area contributed by atoms with Crippen LogP contribution in [0.5, 0.6) is 0 Å². The van der Waals surface area contributed by atoms with Gasteiger partial charge in [0.15, 0.2) is 22.9 Å². The first-order valence-corrected chi connectivity index (χ1v) is 32.1. The van der Waals surface area contributed by atoms with Gasteiger partial charge < -0.3 is 25.1 Å². The van der Waals surface area contributed by atoms with Crippen molar-refractivity contribution in [3.63, 3.8) is 0 Å². The van der Waals surface area contributed by atoms with Crippen molar-refractivity contribution in [3.8, 4) is 45.3 Å². The highest BCUT2D eigenvalue weighted by molar-refractivity contribution is 5.94. The molecule has 0 bridgehead atoms. The molecule has 1 aliphatic rings. The monoisotopic (exact) mass is 1240 g/mol. The van der Waals surface area contributed by atoms with Crippen LogP contribution >= 0.6 is 0 Å². The fraction of sp³-hybridized carbons (Fsp3) is 0.324. The summed E-state index contributed by atoms with van der Waals surface area (Å²) in [4.78, 5) is 41.9. The van der Waals surface area contributed by atoms with E-state index in [9.17, 15) is 8.78 Å². The summed E-state index contributed by atoms with van der Waals surface area (Å²) >= 11 is 0. The Balaban J connectivity index is 0.000000212. The van der Waals surface area contributed by atoms with Gasteiger partial charge in [-0.25, -0.2) is 28.7 Å². The Morgan fingerprint density at radius 1 is 0.598 bits per heavy atom. The molecule has 8 aromatic heterocycles. The Kier molecular flexibility index (Phi) is 23.4. The summed E-state index contributed by atoms with van der Waals surface area (Å²) in [6.07, 6.45) is 28.7. The van der Waals surface area contributed by atoms with E-state index in [1.54, 1.807) is 48.8 Å².